The van der Waals surface area contributed by atoms with Gasteiger partial charge in [-0.3, -0.25) is 4.79 Å². The smallest absolute Gasteiger partial charge is 0.133 e. The summed E-state index contributed by atoms with van der Waals surface area (Å²) < 4.78 is 0. The molecular formula is C22H36O2. The van der Waals surface area contributed by atoms with Gasteiger partial charge in [-0.15, -0.1) is 0 Å². The molecule has 4 rings (SSSR count). The second-order valence-electron chi connectivity index (χ2n) is 10.6. The van der Waals surface area contributed by atoms with Crippen LogP contribution in [0.4, 0.5) is 0 Å². The summed E-state index contributed by atoms with van der Waals surface area (Å²) in [6, 6.07) is 0. The highest BCUT2D eigenvalue weighted by Crippen LogP contribution is 2.68. The molecule has 0 aromatic rings. The van der Waals surface area contributed by atoms with Crippen LogP contribution < -0.4 is 0 Å². The van der Waals surface area contributed by atoms with E-state index in [2.05, 4.69) is 13.8 Å². The normalized spacial score (nSPS) is 57.0. The van der Waals surface area contributed by atoms with Crippen molar-refractivity contribution in [1.29, 1.82) is 0 Å². The van der Waals surface area contributed by atoms with Gasteiger partial charge in [0.25, 0.3) is 0 Å². The Morgan fingerprint density at radius 2 is 1.58 bits per heavy atom. The summed E-state index contributed by atoms with van der Waals surface area (Å²) in [6.45, 7) is 8.85. The van der Waals surface area contributed by atoms with Crippen LogP contribution in [0.25, 0.3) is 0 Å². The minimum Gasteiger partial charge on any atom is -0.390 e. The molecule has 0 aromatic heterocycles. The zero-order chi connectivity index (χ0) is 17.3. The fourth-order valence-corrected chi connectivity index (χ4v) is 8.10. The Bertz CT molecular complexity index is 538. The van der Waals surface area contributed by atoms with Gasteiger partial charge in [0.15, 0.2) is 0 Å². The lowest BCUT2D eigenvalue weighted by Crippen LogP contribution is -2.55. The quantitative estimate of drug-likeness (QED) is 0.735. The number of carbonyl (C=O) groups excluding carboxylic acids is 1. The molecule has 136 valence electrons. The molecule has 0 heterocycles. The number of hydrogen-bond donors (Lipinski definition) is 1. The third-order valence-electron chi connectivity index (χ3n) is 9.44. The fraction of sp³-hybridized carbons (Fsp3) is 0.955. The maximum Gasteiger partial charge on any atom is 0.133 e. The lowest BCUT2D eigenvalue weighted by Gasteiger charge is -2.61. The maximum atomic E-state index is 12.2. The number of rotatable bonds is 1. The number of aliphatic hydroxyl groups is 1. The van der Waals surface area contributed by atoms with Gasteiger partial charge >= 0.3 is 0 Å². The molecule has 0 saturated heterocycles. The molecule has 24 heavy (non-hydrogen) atoms. The van der Waals surface area contributed by atoms with Crippen LogP contribution in [0.15, 0.2) is 0 Å². The molecule has 1 N–H and O–H groups in total. The Morgan fingerprint density at radius 3 is 2.29 bits per heavy atom. The Labute approximate surface area is 147 Å². The van der Waals surface area contributed by atoms with E-state index in [0.29, 0.717) is 23.0 Å². The summed E-state index contributed by atoms with van der Waals surface area (Å²) in [6.07, 6.45) is 10.8. The second kappa shape index (κ2) is 5.32. The van der Waals surface area contributed by atoms with Gasteiger partial charge < -0.3 is 5.11 Å². The Morgan fingerprint density at radius 1 is 0.875 bits per heavy atom. The summed E-state index contributed by atoms with van der Waals surface area (Å²) in [5, 5.41) is 10.6. The van der Waals surface area contributed by atoms with Crippen LogP contribution in [-0.4, -0.2) is 16.5 Å². The summed E-state index contributed by atoms with van der Waals surface area (Å²) in [5.41, 5.74) is 0.268. The Balaban J connectivity index is 1.61. The standard InChI is InChI=1S/C22H36O2/c1-14(23)17-7-8-18-16-6-5-15-13-20(2,24)11-12-21(15,3)19(16)9-10-22(17,18)4/h15-19,24H,5-13H2,1-4H3/t15-,16?,17+,18-,19?,20+,21-,22+/m0/s1. The average molecular weight is 333 g/mol. The molecule has 4 fully saturated rings. The third-order valence-corrected chi connectivity index (χ3v) is 9.44. The number of carbonyl (C=O) groups is 1. The molecule has 0 radical (unpaired) electrons. The van der Waals surface area contributed by atoms with Crippen LogP contribution in [0.2, 0.25) is 0 Å². The lowest BCUT2D eigenvalue weighted by molar-refractivity contribution is -0.150. The van der Waals surface area contributed by atoms with Crippen molar-refractivity contribution in [2.24, 2.45) is 40.4 Å². The maximum absolute atomic E-state index is 12.2. The predicted molar refractivity (Wildman–Crippen MR) is 96.5 cm³/mol. The molecule has 0 bridgehead atoms. The van der Waals surface area contributed by atoms with E-state index >= 15 is 0 Å². The first-order valence-electron chi connectivity index (χ1n) is 10.4. The van der Waals surface area contributed by atoms with Crippen LogP contribution in [-0.2, 0) is 4.79 Å². The van der Waals surface area contributed by atoms with Crippen LogP contribution >= 0.6 is 0 Å². The molecule has 4 saturated carbocycles. The highest BCUT2D eigenvalue weighted by molar-refractivity contribution is 5.79. The van der Waals surface area contributed by atoms with Crippen LogP contribution in [0.5, 0.6) is 0 Å². The van der Waals surface area contributed by atoms with Gasteiger partial charge in [0.05, 0.1) is 5.60 Å². The molecule has 2 heteroatoms. The van der Waals surface area contributed by atoms with E-state index in [0.717, 1.165) is 37.0 Å². The second-order valence-corrected chi connectivity index (χ2v) is 10.6. The molecule has 0 aliphatic heterocycles. The highest BCUT2D eigenvalue weighted by atomic mass is 16.3. The van der Waals surface area contributed by atoms with Gasteiger partial charge in [-0.25, -0.2) is 0 Å². The summed E-state index contributed by atoms with van der Waals surface area (Å²) >= 11 is 0. The van der Waals surface area contributed by atoms with E-state index in [1.165, 1.54) is 38.5 Å². The molecule has 0 aromatic carbocycles. The van der Waals surface area contributed by atoms with E-state index in [4.69, 9.17) is 0 Å². The number of ketones is 1. The van der Waals surface area contributed by atoms with Gasteiger partial charge in [-0.05, 0) is 106 Å². The summed E-state index contributed by atoms with van der Waals surface area (Å²) in [7, 11) is 0. The highest BCUT2D eigenvalue weighted by Gasteiger charge is 2.61. The van der Waals surface area contributed by atoms with Gasteiger partial charge in [0.2, 0.25) is 0 Å². The van der Waals surface area contributed by atoms with Gasteiger partial charge in [0.1, 0.15) is 5.78 Å². The molecule has 0 amide bonds. The average Bonchev–Trinajstić information content (AvgIpc) is 2.85. The van der Waals surface area contributed by atoms with Crippen molar-refractivity contribution in [1.82, 2.24) is 0 Å². The van der Waals surface area contributed by atoms with Crippen LogP contribution in [0.3, 0.4) is 0 Å². The molecular weight excluding hydrogens is 296 g/mol. The van der Waals surface area contributed by atoms with E-state index < -0.39 is 5.60 Å². The van der Waals surface area contributed by atoms with E-state index in [-0.39, 0.29) is 5.41 Å². The summed E-state index contributed by atoms with van der Waals surface area (Å²) in [5.74, 6) is 3.89. The molecule has 2 nitrogen and oxygen atoms in total. The van der Waals surface area contributed by atoms with Crippen molar-refractivity contribution >= 4 is 5.78 Å². The van der Waals surface area contributed by atoms with Crippen molar-refractivity contribution in [2.45, 2.75) is 91.1 Å². The van der Waals surface area contributed by atoms with E-state index in [1.54, 1.807) is 0 Å². The van der Waals surface area contributed by atoms with Crippen LogP contribution in [0, 0.1) is 40.4 Å². The first-order chi connectivity index (χ1) is 11.2. The van der Waals surface area contributed by atoms with E-state index in [1.807, 2.05) is 13.8 Å². The van der Waals surface area contributed by atoms with Crippen molar-refractivity contribution in [3.05, 3.63) is 0 Å². The minimum atomic E-state index is -0.437. The molecule has 4 aliphatic carbocycles. The lowest BCUT2D eigenvalue weighted by atomic mass is 9.44. The Kier molecular flexibility index (Phi) is 3.78. The first kappa shape index (κ1) is 17.1. The topological polar surface area (TPSA) is 37.3 Å². The predicted octanol–water partition coefficient (Wildman–Crippen LogP) is 4.99. The monoisotopic (exact) mass is 332 g/mol. The minimum absolute atomic E-state index is 0.274. The van der Waals surface area contributed by atoms with Crippen molar-refractivity contribution < 1.29 is 9.90 Å². The third kappa shape index (κ3) is 2.27. The molecule has 0 spiro atoms. The largest absolute Gasteiger partial charge is 0.390 e. The van der Waals surface area contributed by atoms with Crippen LogP contribution in [0.1, 0.15) is 85.5 Å². The van der Waals surface area contributed by atoms with Gasteiger partial charge in [-0.2, -0.15) is 0 Å². The van der Waals surface area contributed by atoms with Crippen molar-refractivity contribution in [3.8, 4) is 0 Å². The molecule has 4 aliphatic rings. The zero-order valence-electron chi connectivity index (χ0n) is 16.1. The van der Waals surface area contributed by atoms with Gasteiger partial charge in [0, 0.05) is 5.92 Å². The van der Waals surface area contributed by atoms with Crippen molar-refractivity contribution in [2.75, 3.05) is 0 Å². The number of hydrogen-bond acceptors (Lipinski definition) is 2. The first-order valence-corrected chi connectivity index (χ1v) is 10.4. The molecule has 2 unspecified atom stereocenters. The molecule has 8 atom stereocenters. The zero-order valence-corrected chi connectivity index (χ0v) is 16.1. The number of fused-ring (bicyclic) bond motifs is 5. The number of Topliss-reactive ketones (excluding diaryl/α,β-unsaturated/α-hetero) is 1. The van der Waals surface area contributed by atoms with Gasteiger partial charge in [-0.1, -0.05) is 13.8 Å². The summed E-state index contributed by atoms with van der Waals surface area (Å²) in [4.78, 5) is 12.2. The fourth-order valence-electron chi connectivity index (χ4n) is 8.10. The van der Waals surface area contributed by atoms with Crippen molar-refractivity contribution in [3.63, 3.8) is 0 Å². The Hall–Kier alpha value is -0.370. The van der Waals surface area contributed by atoms with E-state index in [9.17, 15) is 9.90 Å². The SMILES string of the molecule is CC(=O)[C@H]1CC[C@H]2C3CC[C@H]4C[C@](C)(O)CC[C@]4(C)C3CC[C@]12C.